The number of carbonyl (C=O) groups excluding carboxylic acids is 1. The van der Waals surface area contributed by atoms with Gasteiger partial charge < -0.3 is 19.5 Å². The number of amides is 1. The molecule has 2 heterocycles. The lowest BCUT2D eigenvalue weighted by molar-refractivity contribution is -0.0586. The van der Waals surface area contributed by atoms with Gasteiger partial charge in [0.15, 0.2) is 0 Å². The standard InChI is InChI=1S/C19H26N4O2/c1-14-11-23(12-15(2)25-14)19(24)17-6-4-16(5-7-17)8-20-9-18-10-21-13-22(18)3/h4-7,10,13-15,20H,8-9,11-12H2,1-3H3. The van der Waals surface area contributed by atoms with Crippen molar-refractivity contribution in [3.05, 3.63) is 53.6 Å². The number of morpholine rings is 1. The Morgan fingerprint density at radius 1 is 1.20 bits per heavy atom. The van der Waals surface area contributed by atoms with Gasteiger partial charge in [-0.1, -0.05) is 12.1 Å². The largest absolute Gasteiger partial charge is 0.372 e. The maximum Gasteiger partial charge on any atom is 0.254 e. The highest BCUT2D eigenvalue weighted by Crippen LogP contribution is 2.15. The first-order valence-electron chi connectivity index (χ1n) is 8.72. The van der Waals surface area contributed by atoms with Gasteiger partial charge in [-0.15, -0.1) is 0 Å². The lowest BCUT2D eigenvalue weighted by Gasteiger charge is -2.35. The molecule has 2 atom stereocenters. The number of hydrogen-bond donors (Lipinski definition) is 1. The van der Waals surface area contributed by atoms with E-state index in [9.17, 15) is 4.79 Å². The maximum absolute atomic E-state index is 12.7. The van der Waals surface area contributed by atoms with E-state index < -0.39 is 0 Å². The third-order valence-corrected chi connectivity index (χ3v) is 4.46. The van der Waals surface area contributed by atoms with Gasteiger partial charge in [0.2, 0.25) is 0 Å². The fourth-order valence-corrected chi connectivity index (χ4v) is 3.18. The molecule has 0 saturated carbocycles. The quantitative estimate of drug-likeness (QED) is 0.902. The summed E-state index contributed by atoms with van der Waals surface area (Å²) in [5, 5.41) is 3.40. The van der Waals surface area contributed by atoms with Crippen molar-refractivity contribution in [3.8, 4) is 0 Å². The Hall–Kier alpha value is -2.18. The number of imidazole rings is 1. The zero-order valence-corrected chi connectivity index (χ0v) is 15.1. The van der Waals surface area contributed by atoms with Crippen LogP contribution in [0.15, 0.2) is 36.8 Å². The number of nitrogens with one attached hydrogen (secondary N) is 1. The topological polar surface area (TPSA) is 59.4 Å². The lowest BCUT2D eigenvalue weighted by atomic mass is 10.1. The van der Waals surface area contributed by atoms with Gasteiger partial charge in [-0.25, -0.2) is 4.98 Å². The minimum atomic E-state index is 0.0800. The molecule has 6 heteroatoms. The zero-order valence-electron chi connectivity index (χ0n) is 15.1. The van der Waals surface area contributed by atoms with E-state index in [-0.39, 0.29) is 18.1 Å². The summed E-state index contributed by atoms with van der Waals surface area (Å²) in [6.07, 6.45) is 3.83. The van der Waals surface area contributed by atoms with Gasteiger partial charge in [0.05, 0.1) is 24.2 Å². The van der Waals surface area contributed by atoms with E-state index in [1.807, 2.05) is 60.8 Å². The number of nitrogens with zero attached hydrogens (tertiary/aromatic N) is 3. The van der Waals surface area contributed by atoms with Crippen molar-refractivity contribution in [1.82, 2.24) is 19.8 Å². The third-order valence-electron chi connectivity index (χ3n) is 4.46. The number of benzene rings is 1. The fraction of sp³-hybridized carbons (Fsp3) is 0.474. The van der Waals surface area contributed by atoms with Crippen LogP contribution in [-0.2, 0) is 24.9 Å². The molecule has 2 aromatic rings. The maximum atomic E-state index is 12.7. The van der Waals surface area contributed by atoms with Crippen LogP contribution in [0.1, 0.15) is 35.5 Å². The second-order valence-electron chi connectivity index (χ2n) is 6.76. The predicted molar refractivity (Wildman–Crippen MR) is 96.1 cm³/mol. The smallest absolute Gasteiger partial charge is 0.254 e. The van der Waals surface area contributed by atoms with Gasteiger partial charge >= 0.3 is 0 Å². The van der Waals surface area contributed by atoms with Crippen LogP contribution in [0.3, 0.4) is 0 Å². The molecule has 6 nitrogen and oxygen atoms in total. The molecule has 0 spiro atoms. The molecule has 1 aliphatic heterocycles. The molecule has 2 unspecified atom stereocenters. The monoisotopic (exact) mass is 342 g/mol. The van der Waals surface area contributed by atoms with E-state index in [1.54, 1.807) is 6.33 Å². The van der Waals surface area contributed by atoms with E-state index in [1.165, 1.54) is 0 Å². The van der Waals surface area contributed by atoms with Crippen molar-refractivity contribution >= 4 is 5.91 Å². The summed E-state index contributed by atoms with van der Waals surface area (Å²) in [5.41, 5.74) is 3.03. The second-order valence-corrected chi connectivity index (χ2v) is 6.76. The minimum absolute atomic E-state index is 0.0800. The molecule has 1 N–H and O–H groups in total. The molecule has 1 aromatic heterocycles. The van der Waals surface area contributed by atoms with Gasteiger partial charge in [-0.05, 0) is 31.5 Å². The molecule has 0 bridgehead atoms. The minimum Gasteiger partial charge on any atom is -0.372 e. The number of aryl methyl sites for hydroxylation is 1. The molecular weight excluding hydrogens is 316 g/mol. The third kappa shape index (κ3) is 4.46. The summed E-state index contributed by atoms with van der Waals surface area (Å²) in [7, 11) is 1.98. The van der Waals surface area contributed by atoms with Gasteiger partial charge in [0.25, 0.3) is 5.91 Å². The van der Waals surface area contributed by atoms with Crippen LogP contribution in [0.2, 0.25) is 0 Å². The molecule has 3 rings (SSSR count). The van der Waals surface area contributed by atoms with Crippen molar-refractivity contribution in [1.29, 1.82) is 0 Å². The van der Waals surface area contributed by atoms with Crippen LogP contribution in [0, 0.1) is 0 Å². The molecule has 0 aliphatic carbocycles. The van der Waals surface area contributed by atoms with Gasteiger partial charge in [-0.3, -0.25) is 4.79 Å². The Labute approximate surface area is 148 Å². The van der Waals surface area contributed by atoms with Crippen LogP contribution in [-0.4, -0.2) is 45.7 Å². The average Bonchev–Trinajstić information content (AvgIpc) is 2.99. The van der Waals surface area contributed by atoms with Crippen molar-refractivity contribution in [3.63, 3.8) is 0 Å². The van der Waals surface area contributed by atoms with E-state index in [0.717, 1.165) is 29.9 Å². The lowest BCUT2D eigenvalue weighted by Crippen LogP contribution is -2.48. The zero-order chi connectivity index (χ0) is 17.8. The molecular formula is C19H26N4O2. The number of rotatable bonds is 5. The highest BCUT2D eigenvalue weighted by molar-refractivity contribution is 5.94. The molecule has 25 heavy (non-hydrogen) atoms. The molecule has 0 radical (unpaired) electrons. The number of carbonyl (C=O) groups is 1. The van der Waals surface area contributed by atoms with Crippen LogP contribution in [0.25, 0.3) is 0 Å². The van der Waals surface area contributed by atoms with Crippen LogP contribution < -0.4 is 5.32 Å². The SMILES string of the molecule is CC1CN(C(=O)c2ccc(CNCc3cncn3C)cc2)CC(C)O1. The first kappa shape index (κ1) is 17.6. The molecule has 1 aliphatic rings. The van der Waals surface area contributed by atoms with Crippen LogP contribution >= 0.6 is 0 Å². The summed E-state index contributed by atoms with van der Waals surface area (Å²) < 4.78 is 7.70. The second kappa shape index (κ2) is 7.80. The number of aromatic nitrogens is 2. The molecule has 1 amide bonds. The normalized spacial score (nSPS) is 20.7. The van der Waals surface area contributed by atoms with E-state index in [0.29, 0.717) is 13.1 Å². The molecule has 1 fully saturated rings. The van der Waals surface area contributed by atoms with Crippen molar-refractivity contribution in [2.75, 3.05) is 13.1 Å². The van der Waals surface area contributed by atoms with Gasteiger partial charge in [-0.2, -0.15) is 0 Å². The van der Waals surface area contributed by atoms with E-state index >= 15 is 0 Å². The Bertz CT molecular complexity index is 700. The van der Waals surface area contributed by atoms with Crippen molar-refractivity contribution in [2.24, 2.45) is 7.05 Å². The summed E-state index contributed by atoms with van der Waals surface area (Å²) in [4.78, 5) is 18.6. The van der Waals surface area contributed by atoms with Gasteiger partial charge in [0.1, 0.15) is 0 Å². The first-order chi connectivity index (χ1) is 12.0. The van der Waals surface area contributed by atoms with E-state index in [2.05, 4.69) is 10.3 Å². The summed E-state index contributed by atoms with van der Waals surface area (Å²) in [6, 6.07) is 7.84. The van der Waals surface area contributed by atoms with Gasteiger partial charge in [0, 0.05) is 45.0 Å². The Morgan fingerprint density at radius 2 is 1.88 bits per heavy atom. The highest BCUT2D eigenvalue weighted by atomic mass is 16.5. The molecule has 1 aromatic carbocycles. The Kier molecular flexibility index (Phi) is 5.50. The highest BCUT2D eigenvalue weighted by Gasteiger charge is 2.26. The predicted octanol–water partition coefficient (Wildman–Crippen LogP) is 1.96. The Balaban J connectivity index is 1.54. The number of ether oxygens (including phenoxy) is 1. The number of hydrogen-bond acceptors (Lipinski definition) is 4. The summed E-state index contributed by atoms with van der Waals surface area (Å²) in [6.45, 7) is 6.83. The molecule has 134 valence electrons. The van der Waals surface area contributed by atoms with Crippen molar-refractivity contribution in [2.45, 2.75) is 39.1 Å². The Morgan fingerprint density at radius 3 is 2.48 bits per heavy atom. The van der Waals surface area contributed by atoms with Crippen molar-refractivity contribution < 1.29 is 9.53 Å². The van der Waals surface area contributed by atoms with E-state index in [4.69, 9.17) is 4.74 Å². The van der Waals surface area contributed by atoms with Crippen LogP contribution in [0.4, 0.5) is 0 Å². The summed E-state index contributed by atoms with van der Waals surface area (Å²) in [5.74, 6) is 0.0800. The first-order valence-corrected chi connectivity index (χ1v) is 8.72. The molecule has 1 saturated heterocycles. The fourth-order valence-electron chi connectivity index (χ4n) is 3.18. The summed E-state index contributed by atoms with van der Waals surface area (Å²) >= 11 is 0. The van der Waals surface area contributed by atoms with Crippen LogP contribution in [0.5, 0.6) is 0 Å². The average molecular weight is 342 g/mol.